The number of hydrogen-bond acceptors (Lipinski definition) is 8. The Bertz CT molecular complexity index is 2200. The van der Waals surface area contributed by atoms with Crippen LogP contribution < -0.4 is 10.6 Å². The average molecular weight is 809 g/mol. The van der Waals surface area contributed by atoms with Crippen LogP contribution in [0.25, 0.3) is 21.1 Å². The summed E-state index contributed by atoms with van der Waals surface area (Å²) in [5, 5.41) is 8.03. The van der Waals surface area contributed by atoms with Crippen LogP contribution in [0.2, 0.25) is 0 Å². The smallest absolute Gasteiger partial charge is 0.234 e. The van der Waals surface area contributed by atoms with E-state index in [1.54, 1.807) is 58.3 Å². The topological polar surface area (TPSA) is 84.0 Å². The van der Waals surface area contributed by atoms with E-state index in [2.05, 4.69) is 85.1 Å². The number of nitrogens with zero attached hydrogens (tertiary/aromatic N) is 2. The minimum Gasteiger partial charge on any atom is -0.355 e. The number of aromatic nitrogens is 2. The molecule has 6 rings (SSSR count). The molecule has 0 spiro atoms. The fraction of sp³-hybridized carbons (Fsp3) is 0.273. The number of aryl methyl sites for hydroxylation is 3. The zero-order chi connectivity index (χ0) is 38.7. The highest BCUT2D eigenvalue weighted by molar-refractivity contribution is 7.99. The zero-order valence-corrected chi connectivity index (χ0v) is 34.8. The van der Waals surface area contributed by atoms with E-state index in [1.807, 2.05) is 26.0 Å². The molecule has 2 amide bonds. The second-order valence-corrected chi connectivity index (χ2v) is 17.5. The van der Waals surface area contributed by atoms with Gasteiger partial charge in [0.05, 0.1) is 22.9 Å². The Morgan fingerprint density at radius 3 is 1.89 bits per heavy atom. The van der Waals surface area contributed by atoms with Crippen LogP contribution in [0.1, 0.15) is 63.2 Å². The van der Waals surface area contributed by atoms with Crippen molar-refractivity contribution in [3.05, 3.63) is 146 Å². The fourth-order valence-electron chi connectivity index (χ4n) is 5.96. The number of halogens is 1. The normalized spacial score (nSPS) is 11.7. The van der Waals surface area contributed by atoms with Crippen molar-refractivity contribution in [1.29, 1.82) is 0 Å². The standard InChI is InChI=1S/C44H45FN4O2S4/c1-5-31-9-13-34(14-10-31)43-47-30(4)40(54-43)25-53-27-42(51)49-38-8-6-7-36(23-38)28(2)33-15-17-35(18-16-33)44-48-29(3)39(55-44)24-52-26-41(50)46-22-21-32-11-19-37(45)20-12-32/h6-20,23,28H,5,21-22,24-27H2,1-4H3,(H,46,50)(H,49,51). The van der Waals surface area contributed by atoms with Crippen LogP contribution in [-0.2, 0) is 33.9 Å². The molecule has 1 unspecified atom stereocenters. The average Bonchev–Trinajstić information content (AvgIpc) is 3.76. The Morgan fingerprint density at radius 2 is 1.29 bits per heavy atom. The minimum atomic E-state index is -0.258. The lowest BCUT2D eigenvalue weighted by atomic mass is 9.92. The molecular formula is C44H45FN4O2S4. The van der Waals surface area contributed by atoms with Gasteiger partial charge in [-0.1, -0.05) is 86.6 Å². The first-order valence-electron chi connectivity index (χ1n) is 18.3. The number of hydrogen-bond donors (Lipinski definition) is 2. The molecule has 6 aromatic rings. The summed E-state index contributed by atoms with van der Waals surface area (Å²) < 4.78 is 13.1. The number of nitrogens with one attached hydrogen (secondary N) is 2. The Hall–Kier alpha value is -4.29. The fourth-order valence-corrected chi connectivity index (χ4v) is 10.2. The van der Waals surface area contributed by atoms with Gasteiger partial charge in [-0.25, -0.2) is 14.4 Å². The van der Waals surface area contributed by atoms with Crippen molar-refractivity contribution < 1.29 is 14.0 Å². The number of benzene rings is 4. The van der Waals surface area contributed by atoms with Gasteiger partial charge in [0.25, 0.3) is 0 Å². The van der Waals surface area contributed by atoms with E-state index in [9.17, 15) is 14.0 Å². The summed E-state index contributed by atoms with van der Waals surface area (Å²) in [5.74, 6) is 2.05. The van der Waals surface area contributed by atoms with Gasteiger partial charge in [0, 0.05) is 50.5 Å². The van der Waals surface area contributed by atoms with Crippen molar-refractivity contribution in [2.24, 2.45) is 0 Å². The van der Waals surface area contributed by atoms with Crippen LogP contribution in [-0.4, -0.2) is 39.8 Å². The van der Waals surface area contributed by atoms with Gasteiger partial charge in [0.15, 0.2) is 0 Å². The summed E-state index contributed by atoms with van der Waals surface area (Å²) >= 11 is 6.56. The SMILES string of the molecule is CCc1ccc(-c2nc(C)c(CSCC(=O)Nc3cccc(C(C)c4ccc(-c5nc(C)c(CSCC(=O)NCCc6ccc(F)cc6)s5)cc4)c3)s2)cc1. The van der Waals surface area contributed by atoms with E-state index in [4.69, 9.17) is 9.97 Å². The second-order valence-electron chi connectivity index (χ2n) is 13.3. The Balaban J connectivity index is 0.954. The molecule has 0 saturated heterocycles. The van der Waals surface area contributed by atoms with Crippen molar-refractivity contribution in [2.75, 3.05) is 23.4 Å². The van der Waals surface area contributed by atoms with Crippen LogP contribution in [0.5, 0.6) is 0 Å². The highest BCUT2D eigenvalue weighted by Crippen LogP contribution is 2.34. The number of anilines is 1. The van der Waals surface area contributed by atoms with Crippen LogP contribution in [0.4, 0.5) is 10.1 Å². The molecule has 0 aliphatic heterocycles. The van der Waals surface area contributed by atoms with Crippen LogP contribution in [0, 0.1) is 19.7 Å². The van der Waals surface area contributed by atoms with Crippen molar-refractivity contribution in [1.82, 2.24) is 15.3 Å². The summed E-state index contributed by atoms with van der Waals surface area (Å²) in [6, 6.07) is 31.6. The van der Waals surface area contributed by atoms with E-state index in [0.29, 0.717) is 24.5 Å². The zero-order valence-electron chi connectivity index (χ0n) is 31.5. The van der Waals surface area contributed by atoms with E-state index < -0.39 is 0 Å². The molecule has 11 heteroatoms. The number of carbonyl (C=O) groups is 2. The van der Waals surface area contributed by atoms with Crippen molar-refractivity contribution in [2.45, 2.75) is 58.0 Å². The monoisotopic (exact) mass is 808 g/mol. The minimum absolute atomic E-state index is 0.00717. The van der Waals surface area contributed by atoms with Gasteiger partial charge in [-0.15, -0.1) is 46.2 Å². The molecule has 0 fully saturated rings. The summed E-state index contributed by atoms with van der Waals surface area (Å²) in [7, 11) is 0. The molecule has 0 aliphatic carbocycles. The first kappa shape index (κ1) is 40.4. The molecule has 1 atom stereocenters. The summed E-state index contributed by atoms with van der Waals surface area (Å²) in [6.45, 7) is 8.92. The van der Waals surface area contributed by atoms with E-state index >= 15 is 0 Å². The third-order valence-corrected chi connectivity index (χ3v) is 14.0. The summed E-state index contributed by atoms with van der Waals surface area (Å²) in [4.78, 5) is 37.3. The van der Waals surface area contributed by atoms with Crippen molar-refractivity contribution in [3.8, 4) is 21.1 Å². The molecule has 55 heavy (non-hydrogen) atoms. The molecule has 6 nitrogen and oxygen atoms in total. The number of thiazole rings is 2. The van der Waals surface area contributed by atoms with Gasteiger partial charge in [0.2, 0.25) is 11.8 Å². The largest absolute Gasteiger partial charge is 0.355 e. The summed E-state index contributed by atoms with van der Waals surface area (Å²) in [5.41, 5.74) is 9.62. The maximum absolute atomic E-state index is 13.1. The second kappa shape index (κ2) is 19.5. The first-order valence-corrected chi connectivity index (χ1v) is 22.3. The lowest BCUT2D eigenvalue weighted by molar-refractivity contribution is -0.118. The predicted octanol–water partition coefficient (Wildman–Crippen LogP) is 10.9. The van der Waals surface area contributed by atoms with Crippen molar-refractivity contribution >= 4 is 63.7 Å². The van der Waals surface area contributed by atoms with Crippen molar-refractivity contribution in [3.63, 3.8) is 0 Å². The van der Waals surface area contributed by atoms with Crippen LogP contribution in [0.3, 0.4) is 0 Å². The Labute approximate surface area is 339 Å². The van der Waals surface area contributed by atoms with Crippen LogP contribution >= 0.6 is 46.2 Å². The Morgan fingerprint density at radius 1 is 0.727 bits per heavy atom. The van der Waals surface area contributed by atoms with Gasteiger partial charge in [-0.05, 0) is 73.2 Å². The Kier molecular flexibility index (Phi) is 14.3. The van der Waals surface area contributed by atoms with Gasteiger partial charge < -0.3 is 10.6 Å². The predicted molar refractivity (Wildman–Crippen MR) is 232 cm³/mol. The summed E-state index contributed by atoms with van der Waals surface area (Å²) in [6.07, 6.45) is 1.69. The van der Waals surface area contributed by atoms with E-state index in [0.717, 1.165) is 72.1 Å². The third-order valence-electron chi connectivity index (χ3n) is 9.30. The first-order chi connectivity index (χ1) is 26.6. The molecule has 0 radical (unpaired) electrons. The van der Waals surface area contributed by atoms with E-state index in [-0.39, 0.29) is 23.5 Å². The highest BCUT2D eigenvalue weighted by atomic mass is 32.2. The maximum Gasteiger partial charge on any atom is 0.234 e. The van der Waals surface area contributed by atoms with Crippen LogP contribution in [0.15, 0.2) is 97.1 Å². The molecule has 284 valence electrons. The molecule has 2 N–H and O–H groups in total. The van der Waals surface area contributed by atoms with Gasteiger partial charge in [-0.3, -0.25) is 9.59 Å². The third kappa shape index (κ3) is 11.4. The molecule has 0 bridgehead atoms. The lowest BCUT2D eigenvalue weighted by Crippen LogP contribution is -2.27. The quantitative estimate of drug-likeness (QED) is 0.0955. The van der Waals surface area contributed by atoms with Gasteiger partial charge in [0.1, 0.15) is 15.8 Å². The molecule has 0 aliphatic rings. The molecule has 4 aromatic carbocycles. The lowest BCUT2D eigenvalue weighted by Gasteiger charge is -2.15. The van der Waals surface area contributed by atoms with Gasteiger partial charge >= 0.3 is 0 Å². The molecular weight excluding hydrogens is 764 g/mol. The number of rotatable bonds is 17. The number of carbonyl (C=O) groups excluding carboxylic acids is 2. The van der Waals surface area contributed by atoms with Gasteiger partial charge in [-0.2, -0.15) is 0 Å². The molecule has 0 saturated carbocycles. The maximum atomic E-state index is 13.1. The highest BCUT2D eigenvalue weighted by Gasteiger charge is 2.15. The number of thioether (sulfide) groups is 2. The molecule has 2 aromatic heterocycles. The van der Waals surface area contributed by atoms with E-state index in [1.165, 1.54) is 28.1 Å². The molecule has 2 heterocycles. The number of amides is 2.